The number of H-pyrrole nitrogens is 1. The van der Waals surface area contributed by atoms with Crippen molar-refractivity contribution in [2.75, 3.05) is 0 Å². The number of hydrogen-bond donors (Lipinski definition) is 2. The fourth-order valence-electron chi connectivity index (χ4n) is 1.26. The number of pyridine rings is 1. The van der Waals surface area contributed by atoms with Gasteiger partial charge in [-0.1, -0.05) is 28.4 Å². The van der Waals surface area contributed by atoms with Crippen LogP contribution in [0.1, 0.15) is 18.8 Å². The highest BCUT2D eigenvalue weighted by atomic mass is 35.5. The van der Waals surface area contributed by atoms with E-state index in [1.54, 1.807) is 6.92 Å². The van der Waals surface area contributed by atoms with Crippen LogP contribution in [0.25, 0.3) is 0 Å². The van der Waals surface area contributed by atoms with E-state index in [1.165, 1.54) is 6.07 Å². The molecule has 102 valence electrons. The molecule has 2 N–H and O–H groups in total. The number of aromatic nitrogens is 5. The lowest BCUT2D eigenvalue weighted by Crippen LogP contribution is -2.27. The van der Waals surface area contributed by atoms with Crippen LogP contribution in [0.5, 0.6) is 0 Å². The molecule has 8 nitrogen and oxygen atoms in total. The van der Waals surface area contributed by atoms with Gasteiger partial charge in [0.25, 0.3) is 0 Å². The minimum atomic E-state index is -3.80. The summed E-state index contributed by atoms with van der Waals surface area (Å²) in [7, 11) is -3.80. The molecule has 0 spiro atoms. The molecule has 2 aromatic heterocycles. The molecular formula is C8H8Cl2N6O2S. The highest BCUT2D eigenvalue weighted by molar-refractivity contribution is 7.89. The second-order valence-corrected chi connectivity index (χ2v) is 6.04. The van der Waals surface area contributed by atoms with Gasteiger partial charge in [0, 0.05) is 6.20 Å². The number of hydrogen-bond acceptors (Lipinski definition) is 6. The normalized spacial score (nSPS) is 13.4. The molecule has 2 aromatic rings. The quantitative estimate of drug-likeness (QED) is 0.810. The number of tetrazole rings is 1. The monoisotopic (exact) mass is 322 g/mol. The third kappa shape index (κ3) is 3.18. The van der Waals surface area contributed by atoms with Gasteiger partial charge in [-0.05, 0) is 13.0 Å². The van der Waals surface area contributed by atoms with Crippen LogP contribution in [0, 0.1) is 0 Å². The molecule has 1 unspecified atom stereocenters. The molecule has 2 heterocycles. The second kappa shape index (κ2) is 5.37. The lowest BCUT2D eigenvalue weighted by atomic mass is 10.4. The van der Waals surface area contributed by atoms with E-state index in [4.69, 9.17) is 23.2 Å². The average Bonchev–Trinajstić information content (AvgIpc) is 2.85. The Morgan fingerprint density at radius 1 is 1.42 bits per heavy atom. The maximum Gasteiger partial charge on any atom is 0.242 e. The van der Waals surface area contributed by atoms with Crippen molar-refractivity contribution < 1.29 is 8.42 Å². The van der Waals surface area contributed by atoms with Gasteiger partial charge < -0.3 is 0 Å². The largest absolute Gasteiger partial charge is 0.242 e. The molecule has 1 atom stereocenters. The van der Waals surface area contributed by atoms with Crippen molar-refractivity contribution in [3.63, 3.8) is 0 Å². The Kier molecular flexibility index (Phi) is 3.99. The van der Waals surface area contributed by atoms with Crippen molar-refractivity contribution in [2.24, 2.45) is 0 Å². The molecule has 0 bridgehead atoms. The summed E-state index contributed by atoms with van der Waals surface area (Å²) in [5.41, 5.74) is 0. The second-order valence-electron chi connectivity index (χ2n) is 3.56. The summed E-state index contributed by atoms with van der Waals surface area (Å²) in [4.78, 5) is 3.58. The van der Waals surface area contributed by atoms with E-state index >= 15 is 0 Å². The molecule has 0 aliphatic carbocycles. The molecule has 0 aliphatic rings. The molecule has 0 aliphatic heterocycles. The van der Waals surface area contributed by atoms with E-state index in [2.05, 4.69) is 30.3 Å². The summed E-state index contributed by atoms with van der Waals surface area (Å²) in [6.07, 6.45) is 1.11. The Bertz CT molecular complexity index is 675. The van der Waals surface area contributed by atoms with Gasteiger partial charge in [0.1, 0.15) is 10.0 Å². The Morgan fingerprint density at radius 3 is 2.74 bits per heavy atom. The first-order valence-electron chi connectivity index (χ1n) is 4.97. The SMILES string of the molecule is CC(NS(=O)(=O)c1cnc(Cl)c(Cl)c1)c1nn[nH]n1. The zero-order valence-corrected chi connectivity index (χ0v) is 11.8. The highest BCUT2D eigenvalue weighted by Gasteiger charge is 2.21. The average molecular weight is 323 g/mol. The first kappa shape index (κ1) is 14.1. The molecule has 2 rings (SSSR count). The predicted molar refractivity (Wildman–Crippen MR) is 67.2 cm³/mol. The summed E-state index contributed by atoms with van der Waals surface area (Å²) in [5, 5.41) is 13.1. The predicted octanol–water partition coefficient (Wildman–Crippen LogP) is 0.941. The van der Waals surface area contributed by atoms with E-state index in [9.17, 15) is 8.42 Å². The lowest BCUT2D eigenvalue weighted by molar-refractivity contribution is 0.559. The van der Waals surface area contributed by atoms with Gasteiger partial charge in [0.2, 0.25) is 10.0 Å². The molecule has 0 saturated carbocycles. The lowest BCUT2D eigenvalue weighted by Gasteiger charge is -2.10. The van der Waals surface area contributed by atoms with Gasteiger partial charge in [-0.3, -0.25) is 0 Å². The molecule has 11 heteroatoms. The van der Waals surface area contributed by atoms with Gasteiger partial charge >= 0.3 is 0 Å². The van der Waals surface area contributed by atoms with Crippen LogP contribution in [-0.2, 0) is 10.0 Å². The van der Waals surface area contributed by atoms with Crippen molar-refractivity contribution in [1.82, 2.24) is 30.3 Å². The Hall–Kier alpha value is -1.29. The number of aromatic amines is 1. The summed E-state index contributed by atoms with van der Waals surface area (Å²) in [6, 6.07) is 0.556. The highest BCUT2D eigenvalue weighted by Crippen LogP contribution is 2.22. The zero-order chi connectivity index (χ0) is 14.0. The first-order valence-corrected chi connectivity index (χ1v) is 7.21. The van der Waals surface area contributed by atoms with E-state index < -0.39 is 16.1 Å². The summed E-state index contributed by atoms with van der Waals surface area (Å²) in [5.74, 6) is 0.219. The number of halogens is 2. The topological polar surface area (TPSA) is 114 Å². The molecule has 0 saturated heterocycles. The van der Waals surface area contributed by atoms with Gasteiger partial charge in [0.05, 0.1) is 11.1 Å². The Morgan fingerprint density at radius 2 is 2.16 bits per heavy atom. The van der Waals surface area contributed by atoms with E-state index in [-0.39, 0.29) is 20.9 Å². The maximum atomic E-state index is 12.1. The first-order chi connectivity index (χ1) is 8.90. The van der Waals surface area contributed by atoms with Crippen molar-refractivity contribution in [2.45, 2.75) is 17.9 Å². The summed E-state index contributed by atoms with van der Waals surface area (Å²) in [6.45, 7) is 1.58. The van der Waals surface area contributed by atoms with Crippen molar-refractivity contribution in [3.8, 4) is 0 Å². The molecule has 0 aromatic carbocycles. The number of rotatable bonds is 4. The van der Waals surface area contributed by atoms with E-state index in [0.717, 1.165) is 6.20 Å². The van der Waals surface area contributed by atoms with Crippen LogP contribution in [0.15, 0.2) is 17.2 Å². The van der Waals surface area contributed by atoms with Crippen LogP contribution in [0.3, 0.4) is 0 Å². The fourth-order valence-corrected chi connectivity index (χ4v) is 2.76. The van der Waals surface area contributed by atoms with Crippen molar-refractivity contribution in [1.29, 1.82) is 0 Å². The van der Waals surface area contributed by atoms with Gasteiger partial charge in [-0.15, -0.1) is 10.2 Å². The molecular weight excluding hydrogens is 315 g/mol. The number of nitrogens with one attached hydrogen (secondary N) is 2. The number of sulfonamides is 1. The smallest absolute Gasteiger partial charge is 0.242 e. The van der Waals surface area contributed by atoms with Crippen LogP contribution in [0.4, 0.5) is 0 Å². The Balaban J connectivity index is 2.25. The molecule has 0 fully saturated rings. The summed E-state index contributed by atoms with van der Waals surface area (Å²) < 4.78 is 26.5. The third-order valence-corrected chi connectivity index (χ3v) is 4.36. The van der Waals surface area contributed by atoms with Crippen LogP contribution in [-0.4, -0.2) is 34.0 Å². The van der Waals surface area contributed by atoms with Crippen molar-refractivity contribution in [3.05, 3.63) is 28.3 Å². The number of nitrogens with zero attached hydrogens (tertiary/aromatic N) is 4. The zero-order valence-electron chi connectivity index (χ0n) is 9.50. The molecule has 0 radical (unpaired) electrons. The standard InChI is InChI=1S/C8H8Cl2N6O2S/c1-4(8-12-15-16-13-8)14-19(17,18)5-2-6(9)7(10)11-3-5/h2-4,14H,1H3,(H,12,13,15,16). The Labute approximate surface area is 118 Å². The van der Waals surface area contributed by atoms with Crippen LogP contribution in [0.2, 0.25) is 10.2 Å². The maximum absolute atomic E-state index is 12.1. The van der Waals surface area contributed by atoms with Gasteiger partial charge in [-0.2, -0.15) is 5.21 Å². The molecule has 19 heavy (non-hydrogen) atoms. The molecule has 0 amide bonds. The fraction of sp³-hybridized carbons (Fsp3) is 0.250. The van der Waals surface area contributed by atoms with E-state index in [1.807, 2.05) is 0 Å². The van der Waals surface area contributed by atoms with Crippen LogP contribution < -0.4 is 4.72 Å². The minimum absolute atomic E-state index is 0.0341. The van der Waals surface area contributed by atoms with Crippen molar-refractivity contribution >= 4 is 33.2 Å². The van der Waals surface area contributed by atoms with Crippen LogP contribution >= 0.6 is 23.2 Å². The van der Waals surface area contributed by atoms with Gasteiger partial charge in [0.15, 0.2) is 5.82 Å². The third-order valence-electron chi connectivity index (χ3n) is 2.16. The minimum Gasteiger partial charge on any atom is -0.242 e. The van der Waals surface area contributed by atoms with E-state index in [0.29, 0.717) is 0 Å². The van der Waals surface area contributed by atoms with Gasteiger partial charge in [-0.25, -0.2) is 18.1 Å². The summed E-state index contributed by atoms with van der Waals surface area (Å²) >= 11 is 11.4.